The number of aliphatic hydroxyl groups is 1. The molecular formula is C66H114N2O6P+. The summed E-state index contributed by atoms with van der Waals surface area (Å²) in [4.78, 5) is 23.3. The van der Waals surface area contributed by atoms with Gasteiger partial charge in [-0.15, -0.1) is 0 Å². The Hall–Kier alpha value is -3.36. The average molecular weight is 1060 g/mol. The van der Waals surface area contributed by atoms with Crippen molar-refractivity contribution >= 4 is 13.7 Å². The summed E-state index contributed by atoms with van der Waals surface area (Å²) in [5.41, 5.74) is 0. The van der Waals surface area contributed by atoms with Crippen LogP contribution in [0.25, 0.3) is 0 Å². The summed E-state index contributed by atoms with van der Waals surface area (Å²) in [6.45, 7) is 4.65. The van der Waals surface area contributed by atoms with E-state index >= 15 is 0 Å². The highest BCUT2D eigenvalue weighted by molar-refractivity contribution is 7.47. The molecule has 3 unspecified atom stereocenters. The predicted octanol–water partition coefficient (Wildman–Crippen LogP) is 18.7. The zero-order chi connectivity index (χ0) is 54.9. The SMILES string of the molecule is CC/C=C\C/C=C\C/C=C\C/C=C\C/C=C\C/C=C\C/C=C\C/C=C\CCCCCCCCCCCCC(=O)NC(COP(=O)(O)OCC[N+](C)(C)C)C(O)/C=C/CC/C=C/CC/C=C/CCCCCCCCCC. The number of hydrogen-bond acceptors (Lipinski definition) is 5. The molecule has 0 aliphatic rings. The Balaban J connectivity index is 4.23. The van der Waals surface area contributed by atoms with Crippen LogP contribution in [0.15, 0.2) is 134 Å². The summed E-state index contributed by atoms with van der Waals surface area (Å²) < 4.78 is 23.7. The Morgan fingerprint density at radius 3 is 1.23 bits per heavy atom. The number of quaternary nitrogens is 1. The molecule has 8 nitrogen and oxygen atoms in total. The molecule has 0 aliphatic heterocycles. The second kappa shape index (κ2) is 55.4. The Morgan fingerprint density at radius 1 is 0.467 bits per heavy atom. The number of allylic oxidation sites excluding steroid dienone is 21. The number of rotatable bonds is 53. The third kappa shape index (κ3) is 58.2. The van der Waals surface area contributed by atoms with Gasteiger partial charge in [-0.1, -0.05) is 244 Å². The number of hydrogen-bond donors (Lipinski definition) is 3. The summed E-state index contributed by atoms with van der Waals surface area (Å²) in [5.74, 6) is -0.201. The zero-order valence-corrected chi connectivity index (χ0v) is 49.6. The van der Waals surface area contributed by atoms with Crippen LogP contribution in [0.5, 0.6) is 0 Å². The van der Waals surface area contributed by atoms with Crippen molar-refractivity contribution in [3.8, 4) is 0 Å². The van der Waals surface area contributed by atoms with Gasteiger partial charge in [0.25, 0.3) is 0 Å². The normalized spacial score (nSPS) is 14.8. The third-order valence-corrected chi connectivity index (χ3v) is 13.6. The monoisotopic (exact) mass is 1060 g/mol. The highest BCUT2D eigenvalue weighted by Gasteiger charge is 2.27. The van der Waals surface area contributed by atoms with Gasteiger partial charge in [0.2, 0.25) is 5.91 Å². The smallest absolute Gasteiger partial charge is 0.387 e. The van der Waals surface area contributed by atoms with Gasteiger partial charge in [-0.2, -0.15) is 0 Å². The lowest BCUT2D eigenvalue weighted by molar-refractivity contribution is -0.870. The van der Waals surface area contributed by atoms with Crippen LogP contribution in [0.3, 0.4) is 0 Å². The number of phosphoric ester groups is 1. The Labute approximate surface area is 462 Å². The zero-order valence-electron chi connectivity index (χ0n) is 48.7. The number of likely N-dealkylation sites (N-methyl/N-ethyl adjacent to an activating group) is 1. The van der Waals surface area contributed by atoms with Crippen LogP contribution in [0.2, 0.25) is 0 Å². The number of nitrogens with one attached hydrogen (secondary N) is 1. The molecule has 0 fully saturated rings. The van der Waals surface area contributed by atoms with E-state index in [2.05, 4.69) is 141 Å². The molecule has 0 aromatic carbocycles. The van der Waals surface area contributed by atoms with Gasteiger partial charge in [-0.25, -0.2) is 4.57 Å². The molecule has 3 N–H and O–H groups in total. The van der Waals surface area contributed by atoms with Crippen molar-refractivity contribution in [2.75, 3.05) is 40.9 Å². The van der Waals surface area contributed by atoms with Gasteiger partial charge in [-0.05, 0) is 109 Å². The summed E-state index contributed by atoms with van der Waals surface area (Å²) >= 11 is 0. The molecule has 0 saturated heterocycles. The third-order valence-electron chi connectivity index (χ3n) is 12.6. The number of unbranched alkanes of at least 4 members (excludes halogenated alkanes) is 20. The lowest BCUT2D eigenvalue weighted by Crippen LogP contribution is -2.45. The lowest BCUT2D eigenvalue weighted by atomic mass is 10.0. The van der Waals surface area contributed by atoms with Crippen LogP contribution >= 0.6 is 7.82 Å². The molecular weight excluding hydrogens is 948 g/mol. The van der Waals surface area contributed by atoms with Gasteiger partial charge < -0.3 is 19.8 Å². The van der Waals surface area contributed by atoms with Gasteiger partial charge in [-0.3, -0.25) is 13.8 Å². The molecule has 0 aromatic rings. The molecule has 0 heterocycles. The fourth-order valence-corrected chi connectivity index (χ4v) is 8.65. The quantitative estimate of drug-likeness (QED) is 0.0243. The van der Waals surface area contributed by atoms with Crippen LogP contribution in [0.4, 0.5) is 0 Å². The average Bonchev–Trinajstić information content (AvgIpc) is 3.37. The van der Waals surface area contributed by atoms with Crippen molar-refractivity contribution < 1.29 is 32.9 Å². The van der Waals surface area contributed by atoms with Gasteiger partial charge in [0, 0.05) is 6.42 Å². The van der Waals surface area contributed by atoms with Crippen LogP contribution < -0.4 is 5.32 Å². The number of carbonyl (C=O) groups excluding carboxylic acids is 1. The summed E-state index contributed by atoms with van der Waals surface area (Å²) in [6, 6.07) is -0.882. The number of nitrogens with zero attached hydrogens (tertiary/aromatic N) is 1. The van der Waals surface area contributed by atoms with Crippen LogP contribution in [0.1, 0.15) is 226 Å². The summed E-state index contributed by atoms with van der Waals surface area (Å²) in [6.07, 6.45) is 84.2. The first-order valence-electron chi connectivity index (χ1n) is 30.1. The molecule has 0 radical (unpaired) electrons. The van der Waals surface area contributed by atoms with Gasteiger partial charge >= 0.3 is 7.82 Å². The van der Waals surface area contributed by atoms with E-state index in [0.717, 1.165) is 103 Å². The van der Waals surface area contributed by atoms with E-state index in [4.69, 9.17) is 9.05 Å². The Morgan fingerprint density at radius 2 is 0.813 bits per heavy atom. The van der Waals surface area contributed by atoms with E-state index in [-0.39, 0.29) is 19.1 Å². The topological polar surface area (TPSA) is 105 Å². The lowest BCUT2D eigenvalue weighted by Gasteiger charge is -2.25. The second-order valence-electron chi connectivity index (χ2n) is 21.0. The highest BCUT2D eigenvalue weighted by atomic mass is 31.2. The molecule has 0 spiro atoms. The predicted molar refractivity (Wildman–Crippen MR) is 327 cm³/mol. The molecule has 428 valence electrons. The van der Waals surface area contributed by atoms with Gasteiger partial charge in [0.15, 0.2) is 0 Å². The van der Waals surface area contributed by atoms with E-state index in [1.807, 2.05) is 27.2 Å². The maximum absolute atomic E-state index is 13.0. The van der Waals surface area contributed by atoms with Crippen molar-refractivity contribution in [3.05, 3.63) is 134 Å². The second-order valence-corrected chi connectivity index (χ2v) is 22.4. The van der Waals surface area contributed by atoms with Crippen molar-refractivity contribution in [2.45, 2.75) is 238 Å². The first-order chi connectivity index (χ1) is 36.5. The largest absolute Gasteiger partial charge is 0.472 e. The van der Waals surface area contributed by atoms with Crippen molar-refractivity contribution in [1.29, 1.82) is 0 Å². The highest BCUT2D eigenvalue weighted by Crippen LogP contribution is 2.43. The minimum Gasteiger partial charge on any atom is -0.387 e. The summed E-state index contributed by atoms with van der Waals surface area (Å²) in [7, 11) is 1.53. The van der Waals surface area contributed by atoms with Gasteiger partial charge in [0.05, 0.1) is 39.9 Å². The van der Waals surface area contributed by atoms with E-state index in [0.29, 0.717) is 17.4 Å². The standard InChI is InChI=1S/C66H113N2O6P/c1-6-8-10-12-14-16-18-20-22-24-26-27-28-29-30-31-32-33-34-35-36-37-38-39-40-41-42-44-46-48-50-52-54-56-58-60-66(70)67-64(63-74-75(71,72)73-62-61-68(3,4)5)65(69)59-57-55-53-51-49-47-45-43-25-23-21-19-17-15-13-11-9-7-2/h8,10,14,16,20,22,25-27,29-30,32-33,35-36,38-39,43,49,51,57,59,64-65,69H,6-7,9,11-13,15,17-19,21,23-24,28,31,34,37,40-42,44-48,50,52-56,58,60-63H2,1-5H3,(H-,67,70,71,72)/p+1/b10-8-,16-14-,22-20-,27-26-,30-29-,33-32-,36-35-,39-38-,43-25+,51-49+,59-57+. The Bertz CT molecular complexity index is 1680. The van der Waals surface area contributed by atoms with E-state index < -0.39 is 20.0 Å². The number of aliphatic hydroxyl groups excluding tert-OH is 1. The van der Waals surface area contributed by atoms with Gasteiger partial charge in [0.1, 0.15) is 13.2 Å². The van der Waals surface area contributed by atoms with Crippen molar-refractivity contribution in [2.24, 2.45) is 0 Å². The molecule has 3 atom stereocenters. The fraction of sp³-hybridized carbons (Fsp3) is 0.652. The molecule has 0 aromatic heterocycles. The number of amides is 1. The molecule has 0 bridgehead atoms. The maximum atomic E-state index is 13.0. The molecule has 75 heavy (non-hydrogen) atoms. The number of phosphoric acid groups is 1. The maximum Gasteiger partial charge on any atom is 0.472 e. The summed E-state index contributed by atoms with van der Waals surface area (Å²) in [5, 5.41) is 13.9. The van der Waals surface area contributed by atoms with Crippen molar-refractivity contribution in [3.63, 3.8) is 0 Å². The van der Waals surface area contributed by atoms with Crippen LogP contribution in [-0.2, 0) is 18.4 Å². The Kier molecular flexibility index (Phi) is 52.9. The minimum atomic E-state index is -4.37. The molecule has 1 amide bonds. The molecule has 0 rings (SSSR count). The van der Waals surface area contributed by atoms with E-state index in [1.54, 1.807) is 6.08 Å². The number of carbonyl (C=O) groups is 1. The molecule has 0 aliphatic carbocycles. The van der Waals surface area contributed by atoms with Crippen LogP contribution in [0, 0.1) is 0 Å². The molecule has 0 saturated carbocycles. The minimum absolute atomic E-state index is 0.0461. The van der Waals surface area contributed by atoms with E-state index in [1.165, 1.54) is 103 Å². The first-order valence-corrected chi connectivity index (χ1v) is 31.6. The first kappa shape index (κ1) is 71.6. The fourth-order valence-electron chi connectivity index (χ4n) is 7.91. The van der Waals surface area contributed by atoms with Crippen molar-refractivity contribution in [1.82, 2.24) is 5.32 Å². The molecule has 9 heteroatoms. The van der Waals surface area contributed by atoms with E-state index in [9.17, 15) is 19.4 Å². The van der Waals surface area contributed by atoms with Crippen LogP contribution in [-0.4, -0.2) is 73.4 Å².